The number of benzene rings is 2. The summed E-state index contributed by atoms with van der Waals surface area (Å²) in [5, 5.41) is 2.18. The first-order chi connectivity index (χ1) is 10.1. The normalized spacial score (nSPS) is 10.0. The highest BCUT2D eigenvalue weighted by Crippen LogP contribution is 2.26. The van der Waals surface area contributed by atoms with Gasteiger partial charge in [-0.05, 0) is 29.3 Å². The first-order valence-corrected chi connectivity index (χ1v) is 6.83. The molecule has 3 amide bonds. The van der Waals surface area contributed by atoms with E-state index in [1.807, 2.05) is 41.9 Å². The van der Waals surface area contributed by atoms with E-state index >= 15 is 0 Å². The Balaban J connectivity index is 2.33. The zero-order valence-electron chi connectivity index (χ0n) is 10.9. The molecule has 0 spiro atoms. The third-order valence-corrected chi connectivity index (χ3v) is 3.21. The molecule has 0 aliphatic heterocycles. The maximum Gasteiger partial charge on any atom is 0.337 e. The number of carbonyl (C=O) groups excluding carboxylic acids is 2. The number of carbonyl (C=O) groups is 2. The third kappa shape index (κ3) is 3.88. The summed E-state index contributed by atoms with van der Waals surface area (Å²) >= 11 is 3.40. The fourth-order valence-electron chi connectivity index (χ4n) is 1.86. The molecular weight excluding hydrogens is 336 g/mol. The van der Waals surface area contributed by atoms with Gasteiger partial charge in [0, 0.05) is 10.0 Å². The highest BCUT2D eigenvalue weighted by atomic mass is 79.9. The van der Waals surface area contributed by atoms with Crippen LogP contribution in [0.5, 0.6) is 0 Å². The quantitative estimate of drug-likeness (QED) is 0.503. The van der Waals surface area contributed by atoms with Crippen LogP contribution < -0.4 is 22.1 Å². The lowest BCUT2D eigenvalue weighted by molar-refractivity contribution is 0.0963. The molecule has 2 aromatic carbocycles. The summed E-state index contributed by atoms with van der Waals surface area (Å²) in [5.74, 6) is 4.43. The monoisotopic (exact) mass is 348 g/mol. The standard InChI is InChI=1S/C14H13BrN4O2/c15-10-5-3-4-9(8-10)11-6-1-2-7-12(11)13(20)17-14(21)18-19-16/h1-8,19H,16H2,(H2,17,18,20,21). The number of hydrogen-bond donors (Lipinski definition) is 4. The summed E-state index contributed by atoms with van der Waals surface area (Å²) < 4.78 is 0.903. The van der Waals surface area contributed by atoms with Gasteiger partial charge in [0.1, 0.15) is 0 Å². The van der Waals surface area contributed by atoms with E-state index in [2.05, 4.69) is 26.7 Å². The Bertz CT molecular complexity index is 676. The average Bonchev–Trinajstić information content (AvgIpc) is 2.47. The lowest BCUT2D eigenvalue weighted by atomic mass is 9.99. The van der Waals surface area contributed by atoms with Crippen molar-refractivity contribution in [1.29, 1.82) is 0 Å². The molecule has 0 radical (unpaired) electrons. The van der Waals surface area contributed by atoms with Crippen molar-refractivity contribution in [3.63, 3.8) is 0 Å². The van der Waals surface area contributed by atoms with Crippen molar-refractivity contribution in [1.82, 2.24) is 16.3 Å². The molecule has 0 saturated carbocycles. The Morgan fingerprint density at radius 2 is 1.81 bits per heavy atom. The molecule has 0 aromatic heterocycles. The van der Waals surface area contributed by atoms with Crippen LogP contribution in [0.3, 0.4) is 0 Å². The smallest absolute Gasteiger partial charge is 0.273 e. The molecular formula is C14H13BrN4O2. The van der Waals surface area contributed by atoms with Crippen LogP contribution in [0.2, 0.25) is 0 Å². The van der Waals surface area contributed by atoms with E-state index < -0.39 is 11.9 Å². The number of rotatable bonds is 3. The van der Waals surface area contributed by atoms with Gasteiger partial charge in [0.15, 0.2) is 0 Å². The van der Waals surface area contributed by atoms with Gasteiger partial charge in [-0.15, -0.1) is 0 Å². The molecule has 21 heavy (non-hydrogen) atoms. The van der Waals surface area contributed by atoms with Crippen molar-refractivity contribution in [3.05, 3.63) is 58.6 Å². The second-order valence-corrected chi connectivity index (χ2v) is 5.02. The van der Waals surface area contributed by atoms with Gasteiger partial charge in [-0.25, -0.2) is 4.79 Å². The minimum absolute atomic E-state index is 0.391. The summed E-state index contributed by atoms with van der Waals surface area (Å²) in [7, 11) is 0. The molecule has 7 heteroatoms. The molecule has 2 rings (SSSR count). The van der Waals surface area contributed by atoms with Crippen LogP contribution in [0.1, 0.15) is 10.4 Å². The minimum atomic E-state index is -0.730. The van der Waals surface area contributed by atoms with Crippen molar-refractivity contribution in [2.24, 2.45) is 5.84 Å². The Hall–Kier alpha value is -2.22. The third-order valence-electron chi connectivity index (χ3n) is 2.72. The average molecular weight is 349 g/mol. The van der Waals surface area contributed by atoms with Crippen LogP contribution in [0.25, 0.3) is 11.1 Å². The lowest BCUT2D eigenvalue weighted by Gasteiger charge is -2.10. The maximum absolute atomic E-state index is 12.2. The molecule has 0 heterocycles. The summed E-state index contributed by atoms with van der Waals surface area (Å²) in [5.41, 5.74) is 6.01. The molecule has 0 atom stereocenters. The van der Waals surface area contributed by atoms with Crippen LogP contribution >= 0.6 is 15.9 Å². The molecule has 0 aliphatic rings. The first kappa shape index (κ1) is 15.2. The van der Waals surface area contributed by atoms with Crippen LogP contribution in [-0.2, 0) is 0 Å². The van der Waals surface area contributed by atoms with Gasteiger partial charge in [-0.2, -0.15) is 5.53 Å². The summed E-state index contributed by atoms with van der Waals surface area (Å²) in [6.45, 7) is 0. The second kappa shape index (κ2) is 6.98. The van der Waals surface area contributed by atoms with Crippen molar-refractivity contribution < 1.29 is 9.59 Å². The number of halogens is 1. The lowest BCUT2D eigenvalue weighted by Crippen LogP contribution is -2.49. The van der Waals surface area contributed by atoms with E-state index in [-0.39, 0.29) is 0 Å². The maximum atomic E-state index is 12.2. The Kier molecular flexibility index (Phi) is 5.04. The highest BCUT2D eigenvalue weighted by Gasteiger charge is 2.14. The molecule has 2 aromatic rings. The van der Waals surface area contributed by atoms with Crippen LogP contribution in [-0.4, -0.2) is 11.9 Å². The Labute approximate surface area is 129 Å². The molecule has 0 bridgehead atoms. The summed E-state index contributed by atoms with van der Waals surface area (Å²) in [6, 6.07) is 13.8. The predicted molar refractivity (Wildman–Crippen MR) is 82.9 cm³/mol. The van der Waals surface area contributed by atoms with E-state index in [1.54, 1.807) is 12.1 Å². The van der Waals surface area contributed by atoms with Gasteiger partial charge in [-0.3, -0.25) is 21.4 Å². The van der Waals surface area contributed by atoms with E-state index in [0.717, 1.165) is 15.6 Å². The van der Waals surface area contributed by atoms with Gasteiger partial charge in [-0.1, -0.05) is 46.3 Å². The fourth-order valence-corrected chi connectivity index (χ4v) is 2.26. The van der Waals surface area contributed by atoms with Crippen molar-refractivity contribution in [3.8, 4) is 11.1 Å². The van der Waals surface area contributed by atoms with Gasteiger partial charge < -0.3 is 0 Å². The van der Waals surface area contributed by atoms with Gasteiger partial charge >= 0.3 is 6.03 Å². The zero-order chi connectivity index (χ0) is 15.2. The fraction of sp³-hybridized carbons (Fsp3) is 0. The van der Waals surface area contributed by atoms with Gasteiger partial charge in [0.25, 0.3) is 5.91 Å². The highest BCUT2D eigenvalue weighted by molar-refractivity contribution is 9.10. The topological polar surface area (TPSA) is 96.2 Å². The first-order valence-electron chi connectivity index (χ1n) is 6.03. The van der Waals surface area contributed by atoms with Gasteiger partial charge in [0.05, 0.1) is 0 Å². The van der Waals surface area contributed by atoms with Crippen LogP contribution in [0, 0.1) is 0 Å². The number of amides is 3. The van der Waals surface area contributed by atoms with E-state index in [0.29, 0.717) is 5.56 Å². The number of urea groups is 1. The van der Waals surface area contributed by atoms with Crippen molar-refractivity contribution in [2.45, 2.75) is 0 Å². The molecule has 0 fully saturated rings. The number of nitrogens with two attached hydrogens (primary N) is 1. The minimum Gasteiger partial charge on any atom is -0.273 e. The summed E-state index contributed by atoms with van der Waals surface area (Å²) in [4.78, 5) is 23.5. The number of hydrazine groups is 2. The van der Waals surface area contributed by atoms with Gasteiger partial charge in [0.2, 0.25) is 0 Å². The second-order valence-electron chi connectivity index (χ2n) is 4.11. The molecule has 5 N–H and O–H groups in total. The molecule has 6 nitrogen and oxygen atoms in total. The predicted octanol–water partition coefficient (Wildman–Crippen LogP) is 1.93. The summed E-state index contributed by atoms with van der Waals surface area (Å²) in [6.07, 6.45) is 0. The Morgan fingerprint density at radius 3 is 2.52 bits per heavy atom. The molecule has 108 valence electrons. The molecule has 0 unspecified atom stereocenters. The zero-order valence-corrected chi connectivity index (χ0v) is 12.5. The van der Waals surface area contributed by atoms with E-state index in [9.17, 15) is 9.59 Å². The van der Waals surface area contributed by atoms with Crippen molar-refractivity contribution >= 4 is 27.9 Å². The van der Waals surface area contributed by atoms with Crippen LogP contribution in [0.4, 0.5) is 4.79 Å². The van der Waals surface area contributed by atoms with E-state index in [4.69, 9.17) is 5.84 Å². The molecule has 0 aliphatic carbocycles. The largest absolute Gasteiger partial charge is 0.337 e. The SMILES string of the molecule is NNNC(=O)NC(=O)c1ccccc1-c1cccc(Br)c1. The number of hydrogen-bond acceptors (Lipinski definition) is 4. The van der Waals surface area contributed by atoms with Crippen molar-refractivity contribution in [2.75, 3.05) is 0 Å². The number of nitrogens with one attached hydrogen (secondary N) is 3. The van der Waals surface area contributed by atoms with E-state index in [1.165, 1.54) is 0 Å². The van der Waals surface area contributed by atoms with Crippen LogP contribution in [0.15, 0.2) is 53.0 Å². The number of imide groups is 1. The Morgan fingerprint density at radius 1 is 1.05 bits per heavy atom. The molecule has 0 saturated heterocycles.